The lowest BCUT2D eigenvalue weighted by Gasteiger charge is -2.44. The van der Waals surface area contributed by atoms with Crippen LogP contribution in [0.3, 0.4) is 0 Å². The molecule has 0 aromatic heterocycles. The van der Waals surface area contributed by atoms with Gasteiger partial charge in [0.05, 0.1) is 10.7 Å². The van der Waals surface area contributed by atoms with E-state index in [0.717, 1.165) is 11.1 Å². The van der Waals surface area contributed by atoms with Crippen LogP contribution in [0.15, 0.2) is 42.5 Å². The molecule has 40 heavy (non-hydrogen) atoms. The molecular formula is C31H44ClN3O4S. The second-order valence-corrected chi connectivity index (χ2v) is 13.0. The first-order valence-electron chi connectivity index (χ1n) is 13.6. The molecule has 0 saturated carbocycles. The summed E-state index contributed by atoms with van der Waals surface area (Å²) in [5.74, 6) is -0.119. The average molecular weight is 590 g/mol. The van der Waals surface area contributed by atoms with E-state index in [-0.39, 0.29) is 5.91 Å². The average Bonchev–Trinajstić information content (AvgIpc) is 2.86. The molecule has 2 aromatic rings. The maximum Gasteiger partial charge on any atom is 0.408 e. The van der Waals surface area contributed by atoms with Crippen LogP contribution in [0.4, 0.5) is 10.5 Å². The second-order valence-electron chi connectivity index (χ2n) is 11.6. The van der Waals surface area contributed by atoms with Crippen LogP contribution in [0.1, 0.15) is 77.1 Å². The van der Waals surface area contributed by atoms with Gasteiger partial charge in [-0.1, -0.05) is 60.5 Å². The molecule has 0 spiro atoms. The van der Waals surface area contributed by atoms with Crippen LogP contribution in [0, 0.1) is 13.8 Å². The smallest absolute Gasteiger partial charge is 0.408 e. The largest absolute Gasteiger partial charge is 0.444 e. The molecule has 9 heteroatoms. The fourth-order valence-corrected chi connectivity index (χ4v) is 4.94. The van der Waals surface area contributed by atoms with Crippen molar-refractivity contribution in [2.45, 2.75) is 91.5 Å². The first-order chi connectivity index (χ1) is 18.6. The zero-order valence-corrected chi connectivity index (χ0v) is 26.8. The topological polar surface area (TPSA) is 87.7 Å². The Hall–Kier alpha value is -2.71. The maximum absolute atomic E-state index is 14.5. The minimum atomic E-state index is -0.990. The predicted molar refractivity (Wildman–Crippen MR) is 166 cm³/mol. The number of alkyl carbamates (subject to hydrolysis) is 1. The number of benzene rings is 2. The van der Waals surface area contributed by atoms with Crippen molar-refractivity contribution >= 4 is 47.0 Å². The van der Waals surface area contributed by atoms with Gasteiger partial charge >= 0.3 is 6.09 Å². The summed E-state index contributed by atoms with van der Waals surface area (Å²) in [5.41, 5.74) is 1.52. The summed E-state index contributed by atoms with van der Waals surface area (Å²) in [5, 5.41) is 6.20. The molecule has 0 aliphatic rings. The standard InChI is InChI=1S/C31H44ClN3O4S/c1-10-31(7,8)35(28(37)24(18-19-40-9)33-29(38)39-30(4,5)6)26(22-16-14-20(2)15-17-22)27(36)34-25-21(3)12-11-13-23(25)32/h11-17,24,26H,10,18-19H2,1-9H3,(H,33,38)(H,34,36). The Morgan fingerprint density at radius 2 is 1.65 bits per heavy atom. The Morgan fingerprint density at radius 3 is 2.17 bits per heavy atom. The summed E-state index contributed by atoms with van der Waals surface area (Å²) >= 11 is 8.04. The van der Waals surface area contributed by atoms with Gasteiger partial charge in [0.15, 0.2) is 0 Å². The fourth-order valence-electron chi connectivity index (χ4n) is 4.20. The van der Waals surface area contributed by atoms with Gasteiger partial charge in [0.2, 0.25) is 5.91 Å². The third-order valence-corrected chi connectivity index (χ3v) is 7.68. The van der Waals surface area contributed by atoms with Gasteiger partial charge in [-0.3, -0.25) is 9.59 Å². The van der Waals surface area contributed by atoms with E-state index in [9.17, 15) is 14.4 Å². The third-order valence-electron chi connectivity index (χ3n) is 6.72. The number of ether oxygens (including phenoxy) is 1. The van der Waals surface area contributed by atoms with Gasteiger partial charge in [-0.2, -0.15) is 11.8 Å². The summed E-state index contributed by atoms with van der Waals surface area (Å²) in [6.07, 6.45) is 2.21. The van der Waals surface area contributed by atoms with E-state index in [0.29, 0.717) is 34.9 Å². The van der Waals surface area contributed by atoms with Crippen LogP contribution in [-0.4, -0.2) is 52.0 Å². The number of amides is 3. The predicted octanol–water partition coefficient (Wildman–Crippen LogP) is 7.30. The van der Waals surface area contributed by atoms with Crippen LogP contribution in [0.25, 0.3) is 0 Å². The number of carbonyl (C=O) groups excluding carboxylic acids is 3. The van der Waals surface area contributed by atoms with Gasteiger partial charge in [0.25, 0.3) is 5.91 Å². The van der Waals surface area contributed by atoms with Crippen molar-refractivity contribution in [3.8, 4) is 0 Å². The van der Waals surface area contributed by atoms with Crippen molar-refractivity contribution in [1.82, 2.24) is 10.2 Å². The Balaban J connectivity index is 2.65. The molecular weight excluding hydrogens is 546 g/mol. The molecule has 2 N–H and O–H groups in total. The van der Waals surface area contributed by atoms with Gasteiger partial charge in [0.1, 0.15) is 17.7 Å². The summed E-state index contributed by atoms with van der Waals surface area (Å²) in [6, 6.07) is 11.1. The van der Waals surface area contributed by atoms with Crippen molar-refractivity contribution in [3.63, 3.8) is 0 Å². The normalized spacial score (nSPS) is 13.2. The van der Waals surface area contributed by atoms with Gasteiger partial charge in [-0.05, 0) is 90.5 Å². The zero-order chi connectivity index (χ0) is 30.3. The van der Waals surface area contributed by atoms with E-state index in [4.69, 9.17) is 16.3 Å². The maximum atomic E-state index is 14.5. The number of nitrogens with one attached hydrogen (secondary N) is 2. The van der Waals surface area contributed by atoms with Crippen LogP contribution in [0.5, 0.6) is 0 Å². The molecule has 0 radical (unpaired) electrons. The van der Waals surface area contributed by atoms with Crippen molar-refractivity contribution in [2.24, 2.45) is 0 Å². The number of nitrogens with zero attached hydrogens (tertiary/aromatic N) is 1. The van der Waals surface area contributed by atoms with Gasteiger partial charge in [-0.25, -0.2) is 4.79 Å². The molecule has 0 bridgehead atoms. The highest BCUT2D eigenvalue weighted by molar-refractivity contribution is 7.98. The van der Waals surface area contributed by atoms with Crippen molar-refractivity contribution in [1.29, 1.82) is 0 Å². The lowest BCUT2D eigenvalue weighted by Crippen LogP contribution is -2.59. The van der Waals surface area contributed by atoms with Crippen LogP contribution < -0.4 is 10.6 Å². The van der Waals surface area contributed by atoms with E-state index < -0.39 is 35.2 Å². The second kappa shape index (κ2) is 14.3. The highest BCUT2D eigenvalue weighted by Crippen LogP contribution is 2.35. The zero-order valence-electron chi connectivity index (χ0n) is 25.2. The highest BCUT2D eigenvalue weighted by Gasteiger charge is 2.43. The Morgan fingerprint density at radius 1 is 1.02 bits per heavy atom. The molecule has 0 heterocycles. The molecule has 0 aliphatic heterocycles. The van der Waals surface area contributed by atoms with E-state index in [1.807, 2.05) is 77.3 Å². The van der Waals surface area contributed by atoms with Crippen LogP contribution in [0.2, 0.25) is 5.02 Å². The Kier molecular flexibility index (Phi) is 11.9. The van der Waals surface area contributed by atoms with E-state index in [1.165, 1.54) is 0 Å². The molecule has 2 unspecified atom stereocenters. The number of hydrogen-bond acceptors (Lipinski definition) is 5. The number of anilines is 1. The quantitative estimate of drug-likeness (QED) is 0.287. The van der Waals surface area contributed by atoms with Crippen molar-refractivity contribution < 1.29 is 19.1 Å². The minimum absolute atomic E-state index is 0.358. The summed E-state index contributed by atoms with van der Waals surface area (Å²) in [4.78, 5) is 43.1. The van der Waals surface area contributed by atoms with Gasteiger partial charge in [-0.15, -0.1) is 0 Å². The third kappa shape index (κ3) is 9.16. The summed E-state index contributed by atoms with van der Waals surface area (Å²) < 4.78 is 5.48. The van der Waals surface area contributed by atoms with E-state index >= 15 is 0 Å². The Labute approximate surface area is 248 Å². The lowest BCUT2D eigenvalue weighted by atomic mass is 9.91. The van der Waals surface area contributed by atoms with Gasteiger partial charge in [0, 0.05) is 5.54 Å². The number of hydrogen-bond donors (Lipinski definition) is 2. The number of para-hydroxylation sites is 1. The summed E-state index contributed by atoms with van der Waals surface area (Å²) in [6.45, 7) is 15.0. The molecule has 3 amide bonds. The molecule has 220 valence electrons. The highest BCUT2D eigenvalue weighted by atomic mass is 35.5. The molecule has 2 rings (SSSR count). The molecule has 0 fully saturated rings. The first kappa shape index (κ1) is 33.5. The number of thioether (sulfide) groups is 1. The minimum Gasteiger partial charge on any atom is -0.444 e. The van der Waals surface area contributed by atoms with E-state index in [1.54, 1.807) is 43.5 Å². The fraction of sp³-hybridized carbons (Fsp3) is 0.516. The lowest BCUT2D eigenvalue weighted by molar-refractivity contribution is -0.147. The number of rotatable bonds is 11. The number of aryl methyl sites for hydroxylation is 2. The summed E-state index contributed by atoms with van der Waals surface area (Å²) in [7, 11) is 0. The number of halogens is 1. The Bertz CT molecular complexity index is 1160. The SMILES string of the molecule is CCC(C)(C)N(C(=O)C(CCSC)NC(=O)OC(C)(C)C)C(C(=O)Nc1c(C)cccc1Cl)c1ccc(C)cc1. The molecule has 2 atom stereocenters. The van der Waals surface area contributed by atoms with Crippen molar-refractivity contribution in [3.05, 3.63) is 64.2 Å². The molecule has 2 aromatic carbocycles. The first-order valence-corrected chi connectivity index (χ1v) is 15.3. The molecule has 0 aliphatic carbocycles. The van der Waals surface area contributed by atoms with Crippen LogP contribution >= 0.6 is 23.4 Å². The van der Waals surface area contributed by atoms with E-state index in [2.05, 4.69) is 10.6 Å². The van der Waals surface area contributed by atoms with Crippen LogP contribution in [-0.2, 0) is 14.3 Å². The monoisotopic (exact) mass is 589 g/mol. The number of carbonyl (C=O) groups is 3. The molecule has 0 saturated heterocycles. The molecule has 7 nitrogen and oxygen atoms in total. The van der Waals surface area contributed by atoms with Crippen molar-refractivity contribution in [2.75, 3.05) is 17.3 Å². The van der Waals surface area contributed by atoms with Gasteiger partial charge < -0.3 is 20.3 Å².